The average molecular weight is 641 g/mol. The quantitative estimate of drug-likeness (QED) is 0.148. The molecule has 0 bridgehead atoms. The molecule has 1 aliphatic carbocycles. The van der Waals surface area contributed by atoms with Crippen LogP contribution in [0.5, 0.6) is 0 Å². The fourth-order valence-corrected chi connectivity index (χ4v) is 6.09. The largest absolute Gasteiger partial charge is 0.517 e. The highest BCUT2D eigenvalue weighted by molar-refractivity contribution is 6.38. The SMILES string of the molecule is C=C(C[C@@H](C)c1n[n+](C(N)=O)co1)[C@]1(NC(=O)[C@H](C)NC(=O)OCc2ccccc2)CCc2[nH]c3c(Cl)cc(Cl)cc3c2C1. The first-order valence-corrected chi connectivity index (χ1v) is 14.8. The fourth-order valence-electron chi connectivity index (χ4n) is 5.54. The first-order valence-electron chi connectivity index (χ1n) is 14.1. The van der Waals surface area contributed by atoms with Crippen molar-refractivity contribution in [1.82, 2.24) is 20.7 Å². The molecule has 0 spiro atoms. The maximum Gasteiger partial charge on any atom is 0.517 e. The normalized spacial score (nSPS) is 17.4. The predicted octanol–water partition coefficient (Wildman–Crippen LogP) is 5.09. The maximum absolute atomic E-state index is 13.6. The molecule has 230 valence electrons. The first-order chi connectivity index (χ1) is 21.0. The number of aromatic amines is 1. The van der Waals surface area contributed by atoms with Crippen molar-refractivity contribution in [3.8, 4) is 0 Å². The summed E-state index contributed by atoms with van der Waals surface area (Å²) in [5.74, 6) is -0.407. The summed E-state index contributed by atoms with van der Waals surface area (Å²) in [7, 11) is 0. The van der Waals surface area contributed by atoms with E-state index in [-0.39, 0.29) is 12.5 Å². The van der Waals surface area contributed by atoms with Gasteiger partial charge in [-0.25, -0.2) is 10.5 Å². The molecule has 5 rings (SSSR count). The number of carbonyl (C=O) groups is 3. The number of carbonyl (C=O) groups excluding carboxylic acids is 3. The minimum atomic E-state index is -0.908. The highest BCUT2D eigenvalue weighted by Gasteiger charge is 2.41. The van der Waals surface area contributed by atoms with E-state index in [1.807, 2.05) is 43.3 Å². The van der Waals surface area contributed by atoms with Gasteiger partial charge in [-0.3, -0.25) is 4.79 Å². The van der Waals surface area contributed by atoms with Gasteiger partial charge in [-0.1, -0.05) is 72.6 Å². The molecule has 3 atom stereocenters. The molecular formula is C31H33Cl2N6O5+. The summed E-state index contributed by atoms with van der Waals surface area (Å²) in [6, 6.07) is 11.1. The maximum atomic E-state index is 13.6. The Bertz CT molecular complexity index is 1740. The average Bonchev–Trinajstić information content (AvgIpc) is 3.63. The summed E-state index contributed by atoms with van der Waals surface area (Å²) in [6.45, 7) is 7.95. The molecule has 0 saturated carbocycles. The number of aromatic nitrogens is 3. The minimum absolute atomic E-state index is 0.0741. The van der Waals surface area contributed by atoms with Crippen LogP contribution in [0, 0.1) is 0 Å². The number of fused-ring (bicyclic) bond motifs is 3. The molecule has 1 aliphatic rings. The molecule has 0 unspecified atom stereocenters. The number of nitrogens with zero attached hydrogens (tertiary/aromatic N) is 2. The Morgan fingerprint density at radius 1 is 1.23 bits per heavy atom. The Kier molecular flexibility index (Phi) is 8.98. The van der Waals surface area contributed by atoms with E-state index >= 15 is 0 Å². The molecule has 5 N–H and O–H groups in total. The number of nitrogens with two attached hydrogens (primary N) is 1. The van der Waals surface area contributed by atoms with Crippen molar-refractivity contribution in [2.45, 2.75) is 63.6 Å². The van der Waals surface area contributed by atoms with Gasteiger partial charge in [-0.2, -0.15) is 4.79 Å². The van der Waals surface area contributed by atoms with Gasteiger partial charge in [0, 0.05) is 28.4 Å². The van der Waals surface area contributed by atoms with Crippen molar-refractivity contribution in [1.29, 1.82) is 0 Å². The van der Waals surface area contributed by atoms with Crippen molar-refractivity contribution in [3.05, 3.63) is 93.8 Å². The second kappa shape index (κ2) is 12.7. The van der Waals surface area contributed by atoms with Crippen molar-refractivity contribution in [2.75, 3.05) is 0 Å². The molecule has 13 heteroatoms. The number of aryl methyl sites for hydroxylation is 1. The zero-order valence-electron chi connectivity index (χ0n) is 24.3. The Morgan fingerprint density at radius 2 is 1.98 bits per heavy atom. The summed E-state index contributed by atoms with van der Waals surface area (Å²) in [4.78, 5) is 41.1. The summed E-state index contributed by atoms with van der Waals surface area (Å²) < 4.78 is 11.7. The molecular weight excluding hydrogens is 607 g/mol. The third-order valence-corrected chi connectivity index (χ3v) is 8.48. The van der Waals surface area contributed by atoms with E-state index in [9.17, 15) is 14.4 Å². The Hall–Kier alpha value is -4.35. The molecule has 2 aromatic heterocycles. The highest BCUT2D eigenvalue weighted by Crippen LogP contribution is 2.42. The second-order valence-electron chi connectivity index (χ2n) is 11.1. The number of ether oxygens (including phenoxy) is 1. The summed E-state index contributed by atoms with van der Waals surface area (Å²) in [6.07, 6.45) is 2.32. The van der Waals surface area contributed by atoms with E-state index in [2.05, 4.69) is 27.3 Å². The lowest BCUT2D eigenvalue weighted by molar-refractivity contribution is -0.635. The van der Waals surface area contributed by atoms with Crippen LogP contribution in [0.1, 0.15) is 55.3 Å². The van der Waals surface area contributed by atoms with E-state index in [0.29, 0.717) is 47.2 Å². The second-order valence-corrected chi connectivity index (χ2v) is 12.0. The number of H-pyrrole nitrogens is 1. The van der Waals surface area contributed by atoms with Gasteiger partial charge in [-0.05, 0) is 59.2 Å². The molecule has 11 nitrogen and oxygen atoms in total. The summed E-state index contributed by atoms with van der Waals surface area (Å²) >= 11 is 12.9. The fraction of sp³-hybridized carbons (Fsp3) is 0.323. The smallest absolute Gasteiger partial charge is 0.445 e. The number of amides is 3. The van der Waals surface area contributed by atoms with E-state index in [1.165, 1.54) is 0 Å². The molecule has 3 amide bonds. The zero-order valence-corrected chi connectivity index (χ0v) is 25.8. The van der Waals surface area contributed by atoms with Crippen LogP contribution in [0.15, 0.2) is 65.4 Å². The van der Waals surface area contributed by atoms with E-state index in [0.717, 1.165) is 38.8 Å². The third-order valence-electron chi connectivity index (χ3n) is 7.96. The van der Waals surface area contributed by atoms with Crippen LogP contribution < -0.4 is 21.0 Å². The molecule has 2 heterocycles. The summed E-state index contributed by atoms with van der Waals surface area (Å²) in [5, 5.41) is 11.8. The van der Waals surface area contributed by atoms with Gasteiger partial charge in [0.2, 0.25) is 11.8 Å². The van der Waals surface area contributed by atoms with Crippen LogP contribution in [0.4, 0.5) is 9.59 Å². The third kappa shape index (κ3) is 6.58. The lowest BCUT2D eigenvalue weighted by atomic mass is 9.73. The van der Waals surface area contributed by atoms with Crippen LogP contribution in [-0.2, 0) is 29.0 Å². The van der Waals surface area contributed by atoms with Crippen molar-refractivity contribution in [3.63, 3.8) is 0 Å². The van der Waals surface area contributed by atoms with Crippen LogP contribution in [-0.4, -0.2) is 39.7 Å². The monoisotopic (exact) mass is 639 g/mol. The predicted molar refractivity (Wildman–Crippen MR) is 164 cm³/mol. The minimum Gasteiger partial charge on any atom is -0.445 e. The van der Waals surface area contributed by atoms with Gasteiger partial charge in [0.1, 0.15) is 12.6 Å². The Morgan fingerprint density at radius 3 is 2.68 bits per heavy atom. The lowest BCUT2D eigenvalue weighted by Gasteiger charge is -2.41. The van der Waals surface area contributed by atoms with E-state index < -0.39 is 29.6 Å². The van der Waals surface area contributed by atoms with E-state index in [4.69, 9.17) is 38.1 Å². The number of alkyl carbamates (subject to hydrolysis) is 1. The van der Waals surface area contributed by atoms with Crippen molar-refractivity contribution >= 4 is 52.1 Å². The summed E-state index contributed by atoms with van der Waals surface area (Å²) in [5.41, 5.74) is 8.69. The van der Waals surface area contributed by atoms with Crippen molar-refractivity contribution < 1.29 is 28.2 Å². The number of benzene rings is 2. The molecule has 0 aliphatic heterocycles. The lowest BCUT2D eigenvalue weighted by Crippen LogP contribution is -2.58. The number of primary amides is 1. The topological polar surface area (TPSA) is 156 Å². The highest BCUT2D eigenvalue weighted by atomic mass is 35.5. The van der Waals surface area contributed by atoms with Gasteiger partial charge in [-0.15, -0.1) is 0 Å². The number of hydrogen-bond donors (Lipinski definition) is 4. The number of halogens is 2. The standard InChI is InChI=1S/C31H32Cl2N6O5/c1-17(28-38-39(16-44-28)29(34)41)11-18(2)31(10-9-25-23(14-31)22-12-21(32)13-24(33)26(22)36-25)37-27(40)19(3)35-30(42)43-15-20-7-5-4-6-8-20/h4-8,12-13,16-17,19,36H,2,9-11,14-15H2,1,3H3,(H3-,34,35,37,40,41,42)/p+1/t17-,19+,31+/m1/s1. The molecule has 44 heavy (non-hydrogen) atoms. The van der Waals surface area contributed by atoms with E-state index in [1.54, 1.807) is 13.0 Å². The van der Waals surface area contributed by atoms with Gasteiger partial charge in [0.25, 0.3) is 6.39 Å². The first kappa shape index (κ1) is 31.1. The molecule has 0 saturated heterocycles. The number of rotatable bonds is 9. The van der Waals surface area contributed by atoms with Crippen molar-refractivity contribution in [2.24, 2.45) is 5.73 Å². The van der Waals surface area contributed by atoms with Crippen LogP contribution in [0.25, 0.3) is 10.9 Å². The van der Waals surface area contributed by atoms with Crippen LogP contribution in [0.3, 0.4) is 0 Å². The van der Waals surface area contributed by atoms with Gasteiger partial charge in [0.05, 0.1) is 16.1 Å². The number of hydrogen-bond acceptors (Lipinski definition) is 6. The Balaban J connectivity index is 1.38. The Labute approximate surface area is 263 Å². The zero-order chi connectivity index (χ0) is 31.6. The molecule has 4 aromatic rings. The van der Waals surface area contributed by atoms with Gasteiger partial charge >= 0.3 is 12.1 Å². The van der Waals surface area contributed by atoms with Crippen LogP contribution >= 0.6 is 23.2 Å². The molecule has 0 fully saturated rings. The number of nitrogens with one attached hydrogen (secondary N) is 3. The van der Waals surface area contributed by atoms with Gasteiger partial charge in [0.15, 0.2) is 0 Å². The molecule has 2 aromatic carbocycles. The van der Waals surface area contributed by atoms with Gasteiger partial charge < -0.3 is 24.8 Å². The van der Waals surface area contributed by atoms with Crippen LogP contribution in [0.2, 0.25) is 10.0 Å². The molecule has 0 radical (unpaired) electrons.